The number of nitrogens with one attached hydrogen (secondary N) is 2. The van der Waals surface area contributed by atoms with E-state index < -0.39 is 0 Å². The fourth-order valence-corrected chi connectivity index (χ4v) is 6.81. The van der Waals surface area contributed by atoms with Crippen LogP contribution in [0.25, 0.3) is 5.65 Å². The molecule has 0 unspecified atom stereocenters. The van der Waals surface area contributed by atoms with Crippen LogP contribution in [-0.4, -0.2) is 26.4 Å². The summed E-state index contributed by atoms with van der Waals surface area (Å²) in [7, 11) is 0. The van der Waals surface area contributed by atoms with Crippen LogP contribution in [0, 0.1) is 23.2 Å². The Morgan fingerprint density at radius 3 is 2.27 bits per heavy atom. The molecule has 4 aliphatic carbocycles. The standard InChI is InChI=1S/C26H29N5O2/c32-24(27-16-23-30-29-22-3-1-2-8-31(22)23)21-6-4-17(5-7-21)15-28-25(33)26-12-18-9-19(13-26)11-20(10-18)14-26/h1-8,18-20H,9-16H2,(H,27,32)(H,28,33). The number of fused-ring (bicyclic) bond motifs is 1. The van der Waals surface area contributed by atoms with E-state index in [1.807, 2.05) is 53.1 Å². The summed E-state index contributed by atoms with van der Waals surface area (Å²) in [6.07, 6.45) is 9.11. The third kappa shape index (κ3) is 3.79. The zero-order chi connectivity index (χ0) is 22.4. The molecule has 7 nitrogen and oxygen atoms in total. The lowest BCUT2D eigenvalue weighted by molar-refractivity contribution is -0.146. The average Bonchev–Trinajstić information content (AvgIpc) is 3.23. The SMILES string of the molecule is O=C(NCc1nnc2ccccn12)c1ccc(CNC(=O)C23CC4CC(CC(C4)C2)C3)cc1. The topological polar surface area (TPSA) is 88.4 Å². The van der Waals surface area contributed by atoms with Crippen LogP contribution in [0.2, 0.25) is 0 Å². The van der Waals surface area contributed by atoms with E-state index in [2.05, 4.69) is 20.8 Å². The number of pyridine rings is 1. The maximum Gasteiger partial charge on any atom is 0.251 e. The van der Waals surface area contributed by atoms with Crippen LogP contribution in [-0.2, 0) is 17.9 Å². The van der Waals surface area contributed by atoms with Gasteiger partial charge in [0.25, 0.3) is 5.91 Å². The molecule has 4 fully saturated rings. The largest absolute Gasteiger partial charge is 0.352 e. The van der Waals surface area contributed by atoms with Gasteiger partial charge in [-0.05, 0) is 86.1 Å². The van der Waals surface area contributed by atoms with Gasteiger partial charge in [-0.25, -0.2) is 0 Å². The van der Waals surface area contributed by atoms with Crippen LogP contribution in [0.4, 0.5) is 0 Å². The van der Waals surface area contributed by atoms with Gasteiger partial charge < -0.3 is 10.6 Å². The Morgan fingerprint density at radius 1 is 0.879 bits per heavy atom. The Balaban J connectivity index is 1.04. The number of amides is 2. The highest BCUT2D eigenvalue weighted by atomic mass is 16.2. The number of rotatable bonds is 6. The third-order valence-electron chi connectivity index (χ3n) is 7.98. The summed E-state index contributed by atoms with van der Waals surface area (Å²) in [6.45, 7) is 0.807. The van der Waals surface area contributed by atoms with E-state index in [9.17, 15) is 9.59 Å². The van der Waals surface area contributed by atoms with Gasteiger partial charge in [0.2, 0.25) is 5.91 Å². The molecule has 2 N–H and O–H groups in total. The van der Waals surface area contributed by atoms with Gasteiger partial charge >= 0.3 is 0 Å². The molecule has 2 heterocycles. The zero-order valence-corrected chi connectivity index (χ0v) is 18.7. The maximum atomic E-state index is 13.1. The number of hydrogen-bond donors (Lipinski definition) is 2. The molecule has 3 aromatic rings. The molecule has 2 amide bonds. The molecule has 4 saturated carbocycles. The summed E-state index contributed by atoms with van der Waals surface area (Å²) in [6, 6.07) is 13.1. The summed E-state index contributed by atoms with van der Waals surface area (Å²) in [5.74, 6) is 3.04. The first-order valence-corrected chi connectivity index (χ1v) is 12.0. The minimum atomic E-state index is -0.160. The fraction of sp³-hybridized carbons (Fsp3) is 0.462. The summed E-state index contributed by atoms with van der Waals surface area (Å²) < 4.78 is 1.86. The second kappa shape index (κ2) is 7.97. The smallest absolute Gasteiger partial charge is 0.251 e. The molecule has 170 valence electrons. The lowest BCUT2D eigenvalue weighted by atomic mass is 9.49. The molecular weight excluding hydrogens is 414 g/mol. The van der Waals surface area contributed by atoms with Crippen molar-refractivity contribution in [2.45, 2.75) is 51.6 Å². The summed E-state index contributed by atoms with van der Waals surface area (Å²) in [5.41, 5.74) is 2.22. The Labute approximate surface area is 193 Å². The average molecular weight is 444 g/mol. The number of carbonyl (C=O) groups is 2. The van der Waals surface area contributed by atoms with Gasteiger partial charge in [0.15, 0.2) is 11.5 Å². The number of carbonyl (C=O) groups excluding carboxylic acids is 2. The minimum absolute atomic E-state index is 0.125. The number of hydrogen-bond acceptors (Lipinski definition) is 4. The predicted molar refractivity (Wildman–Crippen MR) is 123 cm³/mol. The van der Waals surface area contributed by atoms with E-state index in [1.54, 1.807) is 0 Å². The molecule has 2 aromatic heterocycles. The van der Waals surface area contributed by atoms with E-state index in [-0.39, 0.29) is 17.2 Å². The predicted octanol–water partition coefficient (Wildman–Crippen LogP) is 3.49. The highest BCUT2D eigenvalue weighted by molar-refractivity contribution is 5.94. The summed E-state index contributed by atoms with van der Waals surface area (Å²) in [4.78, 5) is 25.7. The molecule has 7 heteroatoms. The quantitative estimate of drug-likeness (QED) is 0.610. The van der Waals surface area contributed by atoms with Gasteiger partial charge in [0, 0.05) is 23.7 Å². The molecule has 4 bridgehead atoms. The van der Waals surface area contributed by atoms with Crippen molar-refractivity contribution >= 4 is 17.5 Å². The number of nitrogens with zero attached hydrogens (tertiary/aromatic N) is 3. The van der Waals surface area contributed by atoms with Crippen molar-refractivity contribution in [3.63, 3.8) is 0 Å². The molecule has 0 aliphatic heterocycles. The molecule has 0 spiro atoms. The van der Waals surface area contributed by atoms with Crippen molar-refractivity contribution in [2.24, 2.45) is 23.2 Å². The molecule has 0 atom stereocenters. The van der Waals surface area contributed by atoms with Gasteiger partial charge in [0.05, 0.1) is 6.54 Å². The van der Waals surface area contributed by atoms with Gasteiger partial charge in [-0.3, -0.25) is 14.0 Å². The van der Waals surface area contributed by atoms with Crippen LogP contribution in [0.5, 0.6) is 0 Å². The highest BCUT2D eigenvalue weighted by Crippen LogP contribution is 2.60. The van der Waals surface area contributed by atoms with E-state index in [0.717, 1.165) is 48.2 Å². The van der Waals surface area contributed by atoms with Crippen LogP contribution in [0.1, 0.15) is 60.3 Å². The normalized spacial score (nSPS) is 27.6. The van der Waals surface area contributed by atoms with Crippen LogP contribution < -0.4 is 10.6 Å². The monoisotopic (exact) mass is 443 g/mol. The highest BCUT2D eigenvalue weighted by Gasteiger charge is 2.54. The molecule has 0 saturated heterocycles. The van der Waals surface area contributed by atoms with Crippen molar-refractivity contribution in [1.29, 1.82) is 0 Å². The number of benzene rings is 1. The van der Waals surface area contributed by atoms with E-state index in [4.69, 9.17) is 0 Å². The van der Waals surface area contributed by atoms with E-state index in [1.165, 1.54) is 19.3 Å². The maximum absolute atomic E-state index is 13.1. The van der Waals surface area contributed by atoms with Gasteiger partial charge in [-0.1, -0.05) is 18.2 Å². The first kappa shape index (κ1) is 20.4. The molecular formula is C26H29N5O2. The summed E-state index contributed by atoms with van der Waals surface area (Å²) >= 11 is 0. The molecule has 0 radical (unpaired) electrons. The van der Waals surface area contributed by atoms with Gasteiger partial charge in [-0.2, -0.15) is 0 Å². The second-order valence-corrected chi connectivity index (χ2v) is 10.3. The third-order valence-corrected chi connectivity index (χ3v) is 7.98. The lowest BCUT2D eigenvalue weighted by Gasteiger charge is -2.55. The Hall–Kier alpha value is -3.22. The van der Waals surface area contributed by atoms with Crippen LogP contribution in [0.15, 0.2) is 48.7 Å². The van der Waals surface area contributed by atoms with Crippen molar-refractivity contribution in [3.05, 3.63) is 65.6 Å². The van der Waals surface area contributed by atoms with Crippen molar-refractivity contribution in [3.8, 4) is 0 Å². The Bertz CT molecular complexity index is 1160. The van der Waals surface area contributed by atoms with Crippen molar-refractivity contribution in [2.75, 3.05) is 0 Å². The number of aromatic nitrogens is 3. The van der Waals surface area contributed by atoms with Gasteiger partial charge in [0.1, 0.15) is 0 Å². The Morgan fingerprint density at radius 2 is 1.58 bits per heavy atom. The molecule has 4 aliphatic rings. The van der Waals surface area contributed by atoms with Crippen LogP contribution >= 0.6 is 0 Å². The van der Waals surface area contributed by atoms with E-state index in [0.29, 0.717) is 24.5 Å². The van der Waals surface area contributed by atoms with Crippen molar-refractivity contribution < 1.29 is 9.59 Å². The lowest BCUT2D eigenvalue weighted by Crippen LogP contribution is -2.53. The van der Waals surface area contributed by atoms with Gasteiger partial charge in [-0.15, -0.1) is 10.2 Å². The second-order valence-electron chi connectivity index (χ2n) is 10.3. The fourth-order valence-electron chi connectivity index (χ4n) is 6.81. The molecule has 33 heavy (non-hydrogen) atoms. The molecule has 7 rings (SSSR count). The van der Waals surface area contributed by atoms with Crippen molar-refractivity contribution in [1.82, 2.24) is 25.2 Å². The first-order valence-electron chi connectivity index (χ1n) is 12.0. The summed E-state index contributed by atoms with van der Waals surface area (Å²) in [5, 5.41) is 14.4. The Kier molecular flexibility index (Phi) is 4.93. The first-order chi connectivity index (χ1) is 16.1. The minimum Gasteiger partial charge on any atom is -0.352 e. The molecule has 1 aromatic carbocycles. The van der Waals surface area contributed by atoms with Crippen LogP contribution in [0.3, 0.4) is 0 Å². The van der Waals surface area contributed by atoms with E-state index >= 15 is 0 Å². The zero-order valence-electron chi connectivity index (χ0n) is 18.7.